The number of hydrogen-bond acceptors (Lipinski definition) is 4. The lowest BCUT2D eigenvalue weighted by Crippen LogP contribution is -2.02. The molecule has 0 saturated carbocycles. The van der Waals surface area contributed by atoms with Crippen LogP contribution in [0.25, 0.3) is 0 Å². The number of halogens is 2. The molecule has 0 aliphatic carbocycles. The fourth-order valence-corrected chi connectivity index (χ4v) is 2.32. The van der Waals surface area contributed by atoms with Crippen LogP contribution in [0, 0.1) is 23.0 Å². The molecule has 0 atom stereocenters. The quantitative estimate of drug-likeness (QED) is 0.626. The molecule has 0 aliphatic rings. The highest BCUT2D eigenvalue weighted by molar-refractivity contribution is 8.21. The van der Waals surface area contributed by atoms with Crippen LogP contribution >= 0.6 is 23.5 Å². The maximum Gasteiger partial charge on any atom is 0.190 e. The first kappa shape index (κ1) is 14.7. The summed E-state index contributed by atoms with van der Waals surface area (Å²) in [5, 5.41) is 8.53. The number of carbonyl (C=O) groups excluding carboxylic acids is 1. The minimum atomic E-state index is -0.898. The van der Waals surface area contributed by atoms with E-state index in [0.717, 1.165) is 12.1 Å². The number of ketones is 1. The largest absolute Gasteiger partial charge is 0.289 e. The normalized spacial score (nSPS) is 9.72. The van der Waals surface area contributed by atoms with E-state index >= 15 is 0 Å². The Bertz CT molecular complexity index is 544. The van der Waals surface area contributed by atoms with Crippen LogP contribution in [0.15, 0.2) is 22.4 Å². The zero-order valence-electron chi connectivity index (χ0n) is 9.66. The summed E-state index contributed by atoms with van der Waals surface area (Å²) in [4.78, 5) is 11.8. The molecule has 0 amide bonds. The fraction of sp³-hybridized carbons (Fsp3) is 0.167. The van der Waals surface area contributed by atoms with Gasteiger partial charge in [0.2, 0.25) is 0 Å². The number of allylic oxidation sites excluding steroid dienone is 1. The second kappa shape index (κ2) is 6.57. The van der Waals surface area contributed by atoms with Crippen molar-refractivity contribution >= 4 is 29.3 Å². The van der Waals surface area contributed by atoms with Gasteiger partial charge in [-0.25, -0.2) is 8.78 Å². The van der Waals surface area contributed by atoms with E-state index in [0.29, 0.717) is 4.24 Å². The lowest BCUT2D eigenvalue weighted by molar-refractivity contribution is 0.104. The standard InChI is InChI=1S/C12H9F2NOS2/c1-17-12(18-2)5-11(16)8-4-9(13)7(6-15)3-10(8)14/h3-5H,1-2H3. The monoisotopic (exact) mass is 285 g/mol. The second-order valence-electron chi connectivity index (χ2n) is 3.16. The van der Waals surface area contributed by atoms with Crippen LogP contribution in [0.5, 0.6) is 0 Å². The Morgan fingerprint density at radius 3 is 2.39 bits per heavy atom. The summed E-state index contributed by atoms with van der Waals surface area (Å²) in [6.45, 7) is 0. The maximum absolute atomic E-state index is 13.5. The molecule has 0 fully saturated rings. The molecule has 1 rings (SSSR count). The molecule has 0 saturated heterocycles. The predicted octanol–water partition coefficient (Wildman–Crippen LogP) is 3.59. The average Bonchev–Trinajstić information content (AvgIpc) is 2.37. The summed E-state index contributed by atoms with van der Waals surface area (Å²) in [7, 11) is 0. The van der Waals surface area contributed by atoms with Crippen LogP contribution < -0.4 is 0 Å². The third kappa shape index (κ3) is 3.34. The first-order chi connectivity index (χ1) is 8.53. The van der Waals surface area contributed by atoms with Gasteiger partial charge in [-0.2, -0.15) is 5.26 Å². The molecule has 0 aromatic heterocycles. The van der Waals surface area contributed by atoms with E-state index in [1.165, 1.54) is 35.7 Å². The Hall–Kier alpha value is -1.32. The van der Waals surface area contributed by atoms with Gasteiger partial charge in [0.15, 0.2) is 5.78 Å². The van der Waals surface area contributed by atoms with Crippen molar-refractivity contribution in [2.75, 3.05) is 12.5 Å². The van der Waals surface area contributed by atoms with Crippen molar-refractivity contribution < 1.29 is 13.6 Å². The van der Waals surface area contributed by atoms with Crippen molar-refractivity contribution in [2.24, 2.45) is 0 Å². The number of thioether (sulfide) groups is 2. The third-order valence-electron chi connectivity index (χ3n) is 2.09. The highest BCUT2D eigenvalue weighted by Crippen LogP contribution is 2.24. The molecule has 1 aromatic carbocycles. The van der Waals surface area contributed by atoms with Gasteiger partial charge >= 0.3 is 0 Å². The van der Waals surface area contributed by atoms with E-state index < -0.39 is 23.0 Å². The molecule has 94 valence electrons. The van der Waals surface area contributed by atoms with Crippen molar-refractivity contribution in [1.29, 1.82) is 5.26 Å². The number of carbonyl (C=O) groups is 1. The Morgan fingerprint density at radius 2 is 1.89 bits per heavy atom. The summed E-state index contributed by atoms with van der Waals surface area (Å²) >= 11 is 2.69. The molecule has 0 radical (unpaired) electrons. The number of nitriles is 1. The molecular weight excluding hydrogens is 276 g/mol. The minimum Gasteiger partial charge on any atom is -0.289 e. The Kier molecular flexibility index (Phi) is 5.38. The topological polar surface area (TPSA) is 40.9 Å². The van der Waals surface area contributed by atoms with Gasteiger partial charge in [0.1, 0.15) is 17.7 Å². The van der Waals surface area contributed by atoms with Gasteiger partial charge in [-0.15, -0.1) is 23.5 Å². The molecule has 0 N–H and O–H groups in total. The lowest BCUT2D eigenvalue weighted by atomic mass is 10.1. The van der Waals surface area contributed by atoms with Gasteiger partial charge < -0.3 is 0 Å². The van der Waals surface area contributed by atoms with E-state index in [1.807, 2.05) is 0 Å². The zero-order chi connectivity index (χ0) is 13.7. The van der Waals surface area contributed by atoms with Gasteiger partial charge in [0, 0.05) is 10.3 Å². The van der Waals surface area contributed by atoms with Crippen molar-refractivity contribution in [1.82, 2.24) is 0 Å². The van der Waals surface area contributed by atoms with E-state index in [2.05, 4.69) is 0 Å². The van der Waals surface area contributed by atoms with Crippen molar-refractivity contribution in [3.05, 3.63) is 45.2 Å². The molecule has 0 bridgehead atoms. The first-order valence-corrected chi connectivity index (χ1v) is 7.21. The molecule has 2 nitrogen and oxygen atoms in total. The molecule has 0 unspecified atom stereocenters. The SMILES string of the molecule is CSC(=CC(=O)c1cc(F)c(C#N)cc1F)SC. The van der Waals surface area contributed by atoms with Crippen molar-refractivity contribution in [3.8, 4) is 6.07 Å². The van der Waals surface area contributed by atoms with Gasteiger partial charge in [-0.3, -0.25) is 4.79 Å². The van der Waals surface area contributed by atoms with Crippen molar-refractivity contribution in [2.45, 2.75) is 0 Å². The first-order valence-electron chi connectivity index (χ1n) is 4.76. The van der Waals surface area contributed by atoms with Crippen LogP contribution in [0.3, 0.4) is 0 Å². The van der Waals surface area contributed by atoms with Gasteiger partial charge in [0.05, 0.1) is 11.1 Å². The number of hydrogen-bond donors (Lipinski definition) is 0. The van der Waals surface area contributed by atoms with Crippen LogP contribution in [0.2, 0.25) is 0 Å². The van der Waals surface area contributed by atoms with E-state index in [1.54, 1.807) is 12.5 Å². The Balaban J connectivity index is 3.19. The number of rotatable bonds is 4. The molecular formula is C12H9F2NOS2. The molecule has 18 heavy (non-hydrogen) atoms. The highest BCUT2D eigenvalue weighted by Gasteiger charge is 2.15. The third-order valence-corrected chi connectivity index (χ3v) is 4.13. The smallest absolute Gasteiger partial charge is 0.190 e. The van der Waals surface area contributed by atoms with Crippen LogP contribution in [0.1, 0.15) is 15.9 Å². The Morgan fingerprint density at radius 1 is 1.28 bits per heavy atom. The Labute approximate surface area is 112 Å². The molecule has 0 aliphatic heterocycles. The van der Waals surface area contributed by atoms with Gasteiger partial charge in [-0.1, -0.05) is 0 Å². The van der Waals surface area contributed by atoms with Gasteiger partial charge in [0.25, 0.3) is 0 Å². The zero-order valence-corrected chi connectivity index (χ0v) is 11.3. The molecule has 1 aromatic rings. The van der Waals surface area contributed by atoms with E-state index in [4.69, 9.17) is 5.26 Å². The molecule has 0 heterocycles. The summed E-state index contributed by atoms with van der Waals surface area (Å²) in [5.41, 5.74) is -0.782. The minimum absolute atomic E-state index is 0.368. The predicted molar refractivity (Wildman–Crippen MR) is 70.5 cm³/mol. The van der Waals surface area contributed by atoms with Gasteiger partial charge in [-0.05, 0) is 24.6 Å². The molecule has 0 spiro atoms. The number of nitrogens with zero attached hydrogens (tertiary/aromatic N) is 1. The summed E-state index contributed by atoms with van der Waals surface area (Å²) in [6, 6.07) is 3.00. The maximum atomic E-state index is 13.5. The summed E-state index contributed by atoms with van der Waals surface area (Å²) in [6.07, 6.45) is 4.82. The van der Waals surface area contributed by atoms with Crippen molar-refractivity contribution in [3.63, 3.8) is 0 Å². The van der Waals surface area contributed by atoms with Crippen LogP contribution in [-0.2, 0) is 0 Å². The summed E-state index contributed by atoms with van der Waals surface area (Å²) in [5.74, 6) is -2.41. The average molecular weight is 285 g/mol. The van der Waals surface area contributed by atoms with Crippen LogP contribution in [-0.4, -0.2) is 18.3 Å². The summed E-state index contributed by atoms with van der Waals surface area (Å²) < 4.78 is 27.6. The second-order valence-corrected chi connectivity index (χ2v) is 5.11. The van der Waals surface area contributed by atoms with Crippen LogP contribution in [0.4, 0.5) is 8.78 Å². The van der Waals surface area contributed by atoms with E-state index in [-0.39, 0.29) is 5.56 Å². The highest BCUT2D eigenvalue weighted by atomic mass is 32.2. The fourth-order valence-electron chi connectivity index (χ4n) is 1.21. The number of benzene rings is 1. The lowest BCUT2D eigenvalue weighted by Gasteiger charge is -2.02. The van der Waals surface area contributed by atoms with E-state index in [9.17, 15) is 13.6 Å². The molecule has 6 heteroatoms.